The number of methoxy groups -OCH3 is 1. The Morgan fingerprint density at radius 3 is 2.68 bits per heavy atom. The molecule has 1 N–H and O–H groups in total. The van der Waals surface area contributed by atoms with Crippen LogP contribution in [0.3, 0.4) is 0 Å². The molecule has 1 aromatic carbocycles. The molecule has 0 aliphatic carbocycles. The van der Waals surface area contributed by atoms with E-state index in [0.717, 1.165) is 5.56 Å². The van der Waals surface area contributed by atoms with Gasteiger partial charge in [0.15, 0.2) is 5.82 Å². The fourth-order valence-corrected chi connectivity index (χ4v) is 1.85. The lowest BCUT2D eigenvalue weighted by Gasteiger charge is -2.13. The molecule has 100 valence electrons. The maximum Gasteiger partial charge on any atom is 0.268 e. The van der Waals surface area contributed by atoms with Crippen molar-refractivity contribution in [2.45, 2.75) is 6.92 Å². The van der Waals surface area contributed by atoms with E-state index in [2.05, 4.69) is 15.3 Å². The molecule has 2 rings (SSSR count). The lowest BCUT2D eigenvalue weighted by molar-refractivity contribution is 0.368. The van der Waals surface area contributed by atoms with E-state index in [9.17, 15) is 0 Å². The van der Waals surface area contributed by atoms with Crippen LogP contribution < -0.4 is 14.8 Å². The smallest absolute Gasteiger partial charge is 0.268 e. The first-order chi connectivity index (χ1) is 9.15. The average Bonchev–Trinajstić information content (AvgIpc) is 2.41. The summed E-state index contributed by atoms with van der Waals surface area (Å²) in [5, 5.41) is 3.58. The molecule has 0 bridgehead atoms. The number of aromatic nitrogens is 2. The third kappa shape index (κ3) is 2.88. The van der Waals surface area contributed by atoms with Crippen LogP contribution in [0.15, 0.2) is 24.5 Å². The fourth-order valence-electron chi connectivity index (χ4n) is 1.62. The zero-order valence-electron chi connectivity index (χ0n) is 10.9. The summed E-state index contributed by atoms with van der Waals surface area (Å²) in [4.78, 5) is 8.14. The molecule has 0 saturated carbocycles. The van der Waals surface area contributed by atoms with Crippen LogP contribution in [0.4, 0.5) is 5.82 Å². The lowest BCUT2D eigenvalue weighted by Crippen LogP contribution is -2.01. The van der Waals surface area contributed by atoms with Gasteiger partial charge in [-0.25, -0.2) is 4.98 Å². The Labute approximate surface area is 116 Å². The molecule has 0 radical (unpaired) electrons. The molecular weight excluding hydrogens is 266 g/mol. The number of benzene rings is 1. The maximum atomic E-state index is 5.91. The summed E-state index contributed by atoms with van der Waals surface area (Å²) in [7, 11) is 3.29. The van der Waals surface area contributed by atoms with Crippen molar-refractivity contribution >= 4 is 17.4 Å². The van der Waals surface area contributed by atoms with E-state index < -0.39 is 0 Å². The number of hydrogen-bond donors (Lipinski definition) is 1. The molecular formula is C13H14ClN3O2. The molecule has 0 aliphatic heterocycles. The normalized spacial score (nSPS) is 10.1. The van der Waals surface area contributed by atoms with Gasteiger partial charge >= 0.3 is 0 Å². The van der Waals surface area contributed by atoms with E-state index in [0.29, 0.717) is 28.2 Å². The van der Waals surface area contributed by atoms with Gasteiger partial charge in [0, 0.05) is 12.1 Å². The summed E-state index contributed by atoms with van der Waals surface area (Å²) in [5.41, 5.74) is 0.916. The summed E-state index contributed by atoms with van der Waals surface area (Å²) in [5.74, 6) is 2.05. The Kier molecular flexibility index (Phi) is 4.06. The molecule has 5 nitrogen and oxygen atoms in total. The Balaban J connectivity index is 2.37. The first-order valence-electron chi connectivity index (χ1n) is 5.66. The van der Waals surface area contributed by atoms with Crippen LogP contribution >= 0.6 is 11.6 Å². The molecule has 1 aromatic heterocycles. The number of halogens is 1. The number of nitrogens with one attached hydrogen (secondary N) is 1. The summed E-state index contributed by atoms with van der Waals surface area (Å²) >= 11 is 5.91. The predicted octanol–water partition coefficient (Wildman–Crippen LogP) is 3.28. The number of nitrogens with zero attached hydrogens (tertiary/aromatic N) is 2. The van der Waals surface area contributed by atoms with Crippen molar-refractivity contribution < 1.29 is 9.47 Å². The van der Waals surface area contributed by atoms with Gasteiger partial charge < -0.3 is 14.8 Å². The lowest BCUT2D eigenvalue weighted by atomic mass is 10.2. The van der Waals surface area contributed by atoms with Gasteiger partial charge in [0.1, 0.15) is 12.1 Å². The molecule has 0 fully saturated rings. The van der Waals surface area contributed by atoms with E-state index in [4.69, 9.17) is 21.1 Å². The third-order valence-electron chi connectivity index (χ3n) is 2.56. The zero-order chi connectivity index (χ0) is 13.8. The van der Waals surface area contributed by atoms with E-state index in [1.54, 1.807) is 26.3 Å². The van der Waals surface area contributed by atoms with Gasteiger partial charge in [-0.15, -0.1) is 0 Å². The minimum atomic E-state index is 0.354. The first-order valence-corrected chi connectivity index (χ1v) is 6.04. The summed E-state index contributed by atoms with van der Waals surface area (Å²) in [6.07, 6.45) is 1.41. The number of anilines is 1. The van der Waals surface area contributed by atoms with E-state index in [1.165, 1.54) is 6.33 Å². The van der Waals surface area contributed by atoms with Crippen molar-refractivity contribution in [3.05, 3.63) is 35.1 Å². The third-order valence-corrected chi connectivity index (χ3v) is 2.79. The van der Waals surface area contributed by atoms with Crippen molar-refractivity contribution in [2.75, 3.05) is 19.5 Å². The largest absolute Gasteiger partial charge is 0.489 e. The zero-order valence-corrected chi connectivity index (χ0v) is 11.7. The highest BCUT2D eigenvalue weighted by Gasteiger charge is 2.14. The highest BCUT2D eigenvalue weighted by Crippen LogP contribution is 2.35. The average molecular weight is 280 g/mol. The number of ether oxygens (including phenoxy) is 2. The molecule has 0 aliphatic rings. The van der Waals surface area contributed by atoms with Crippen LogP contribution in [-0.4, -0.2) is 24.1 Å². The molecule has 1 heterocycles. The van der Waals surface area contributed by atoms with Gasteiger partial charge in [0.05, 0.1) is 7.11 Å². The van der Waals surface area contributed by atoms with Crippen molar-refractivity contribution in [1.29, 1.82) is 0 Å². The molecule has 0 unspecified atom stereocenters. The maximum absolute atomic E-state index is 5.91. The second-order valence-electron chi connectivity index (χ2n) is 3.82. The molecule has 0 spiro atoms. The molecule has 0 atom stereocenters. The van der Waals surface area contributed by atoms with Gasteiger partial charge in [0.2, 0.25) is 5.75 Å². The van der Waals surface area contributed by atoms with Crippen LogP contribution in [0.25, 0.3) is 0 Å². The van der Waals surface area contributed by atoms with Crippen LogP contribution in [0, 0.1) is 6.92 Å². The van der Waals surface area contributed by atoms with Gasteiger partial charge in [-0.2, -0.15) is 4.98 Å². The van der Waals surface area contributed by atoms with Gasteiger partial charge in [-0.05, 0) is 30.7 Å². The van der Waals surface area contributed by atoms with Gasteiger partial charge in [-0.1, -0.05) is 11.6 Å². The number of aryl methyl sites for hydroxylation is 1. The van der Waals surface area contributed by atoms with E-state index >= 15 is 0 Å². The molecule has 19 heavy (non-hydrogen) atoms. The summed E-state index contributed by atoms with van der Waals surface area (Å²) in [6.45, 7) is 1.91. The van der Waals surface area contributed by atoms with Gasteiger partial charge in [-0.3, -0.25) is 0 Å². The molecule has 6 heteroatoms. The monoisotopic (exact) mass is 279 g/mol. The first kappa shape index (κ1) is 13.4. The summed E-state index contributed by atoms with van der Waals surface area (Å²) < 4.78 is 11.0. The highest BCUT2D eigenvalue weighted by atomic mass is 35.5. The predicted molar refractivity (Wildman–Crippen MR) is 74.4 cm³/mol. The second-order valence-corrected chi connectivity index (χ2v) is 4.26. The Morgan fingerprint density at radius 1 is 1.26 bits per heavy atom. The Bertz CT molecular complexity index is 590. The quantitative estimate of drug-likeness (QED) is 0.931. The van der Waals surface area contributed by atoms with Crippen molar-refractivity contribution in [1.82, 2.24) is 9.97 Å². The van der Waals surface area contributed by atoms with Crippen LogP contribution in [0.1, 0.15) is 5.56 Å². The van der Waals surface area contributed by atoms with Crippen LogP contribution in [0.2, 0.25) is 5.02 Å². The summed E-state index contributed by atoms with van der Waals surface area (Å²) in [6, 6.07) is 5.37. The van der Waals surface area contributed by atoms with Crippen molar-refractivity contribution in [2.24, 2.45) is 0 Å². The van der Waals surface area contributed by atoms with Crippen molar-refractivity contribution in [3.63, 3.8) is 0 Å². The van der Waals surface area contributed by atoms with E-state index in [-0.39, 0.29) is 0 Å². The second kappa shape index (κ2) is 5.75. The number of rotatable bonds is 4. The number of hydrogen-bond acceptors (Lipinski definition) is 5. The molecule has 0 saturated heterocycles. The minimum Gasteiger partial charge on any atom is -0.489 e. The minimum absolute atomic E-state index is 0.354. The van der Waals surface area contributed by atoms with Crippen LogP contribution in [0.5, 0.6) is 17.4 Å². The SMILES string of the molecule is CNc1ncnc(Oc2ccc(Cl)cc2C)c1OC. The molecule has 0 amide bonds. The Hall–Kier alpha value is -2.01. The fraction of sp³-hybridized carbons (Fsp3) is 0.231. The topological polar surface area (TPSA) is 56.3 Å². The highest BCUT2D eigenvalue weighted by molar-refractivity contribution is 6.30. The van der Waals surface area contributed by atoms with Gasteiger partial charge in [0.25, 0.3) is 5.88 Å². The van der Waals surface area contributed by atoms with Crippen LogP contribution in [-0.2, 0) is 0 Å². The van der Waals surface area contributed by atoms with E-state index in [1.807, 2.05) is 13.0 Å². The Morgan fingerprint density at radius 2 is 2.05 bits per heavy atom. The molecule has 2 aromatic rings. The van der Waals surface area contributed by atoms with Crippen molar-refractivity contribution in [3.8, 4) is 17.4 Å². The standard InChI is InChI=1S/C13H14ClN3O2/c1-8-6-9(14)4-5-10(8)19-13-11(18-3)12(15-2)16-7-17-13/h4-7H,1-3H3,(H,15,16,17).